The summed E-state index contributed by atoms with van der Waals surface area (Å²) in [5.74, 6) is -0.177. The average molecular weight is 225 g/mol. The SMILES string of the molecule is CC(C)N(C)C(=O)Cn1ccc(=O)[nH]c1=O. The summed E-state index contributed by atoms with van der Waals surface area (Å²) < 4.78 is 1.17. The van der Waals surface area contributed by atoms with E-state index in [0.29, 0.717) is 0 Å². The van der Waals surface area contributed by atoms with Crippen molar-refractivity contribution in [2.45, 2.75) is 26.4 Å². The van der Waals surface area contributed by atoms with Crippen molar-refractivity contribution in [2.24, 2.45) is 0 Å². The van der Waals surface area contributed by atoms with E-state index in [1.807, 2.05) is 13.8 Å². The second-order valence-corrected chi connectivity index (χ2v) is 3.84. The van der Waals surface area contributed by atoms with Crippen molar-refractivity contribution in [1.82, 2.24) is 14.5 Å². The molecule has 0 aliphatic carbocycles. The first-order valence-corrected chi connectivity index (χ1v) is 4.97. The maximum atomic E-state index is 11.7. The number of carbonyl (C=O) groups excluding carboxylic acids is 1. The van der Waals surface area contributed by atoms with Crippen LogP contribution in [0.15, 0.2) is 21.9 Å². The van der Waals surface area contributed by atoms with Gasteiger partial charge in [-0.15, -0.1) is 0 Å². The molecule has 6 heteroatoms. The predicted molar refractivity (Wildman–Crippen MR) is 59.2 cm³/mol. The van der Waals surface area contributed by atoms with Gasteiger partial charge in [-0.2, -0.15) is 0 Å². The van der Waals surface area contributed by atoms with Crippen LogP contribution in [0.1, 0.15) is 13.8 Å². The van der Waals surface area contributed by atoms with Gasteiger partial charge in [-0.25, -0.2) is 4.79 Å². The van der Waals surface area contributed by atoms with Crippen molar-refractivity contribution in [1.29, 1.82) is 0 Å². The van der Waals surface area contributed by atoms with Crippen molar-refractivity contribution >= 4 is 5.91 Å². The molecule has 1 N–H and O–H groups in total. The highest BCUT2D eigenvalue weighted by atomic mass is 16.2. The molecular weight excluding hydrogens is 210 g/mol. The third kappa shape index (κ3) is 2.82. The molecule has 0 fully saturated rings. The smallest absolute Gasteiger partial charge is 0.328 e. The minimum atomic E-state index is -0.571. The van der Waals surface area contributed by atoms with E-state index in [4.69, 9.17) is 0 Å². The van der Waals surface area contributed by atoms with E-state index in [0.717, 1.165) is 0 Å². The molecule has 0 atom stereocenters. The molecule has 16 heavy (non-hydrogen) atoms. The van der Waals surface area contributed by atoms with Crippen LogP contribution in [0.25, 0.3) is 0 Å². The molecule has 88 valence electrons. The second kappa shape index (κ2) is 4.78. The molecule has 0 unspecified atom stereocenters. The van der Waals surface area contributed by atoms with E-state index in [-0.39, 0.29) is 18.5 Å². The normalized spacial score (nSPS) is 10.5. The maximum absolute atomic E-state index is 11.7. The first-order chi connectivity index (χ1) is 7.41. The Kier molecular flexibility index (Phi) is 3.65. The zero-order valence-corrected chi connectivity index (χ0v) is 9.56. The number of nitrogens with one attached hydrogen (secondary N) is 1. The van der Waals surface area contributed by atoms with Crippen molar-refractivity contribution in [2.75, 3.05) is 7.05 Å². The Bertz CT molecular complexity index is 487. The average Bonchev–Trinajstić information content (AvgIpc) is 2.20. The van der Waals surface area contributed by atoms with Gasteiger partial charge in [-0.1, -0.05) is 0 Å². The van der Waals surface area contributed by atoms with Gasteiger partial charge >= 0.3 is 5.69 Å². The first-order valence-electron chi connectivity index (χ1n) is 4.97. The van der Waals surface area contributed by atoms with Gasteiger partial charge in [0.2, 0.25) is 5.91 Å². The minimum Gasteiger partial charge on any atom is -0.342 e. The van der Waals surface area contributed by atoms with E-state index in [2.05, 4.69) is 4.98 Å². The number of H-pyrrole nitrogens is 1. The van der Waals surface area contributed by atoms with Crippen LogP contribution in [0.4, 0.5) is 0 Å². The first kappa shape index (κ1) is 12.2. The largest absolute Gasteiger partial charge is 0.342 e. The highest BCUT2D eigenvalue weighted by Gasteiger charge is 2.12. The zero-order chi connectivity index (χ0) is 12.3. The number of aromatic nitrogens is 2. The number of nitrogens with zero attached hydrogens (tertiary/aromatic N) is 2. The number of hydrogen-bond donors (Lipinski definition) is 1. The highest BCUT2D eigenvalue weighted by molar-refractivity contribution is 5.75. The van der Waals surface area contributed by atoms with E-state index in [1.165, 1.54) is 21.7 Å². The summed E-state index contributed by atoms with van der Waals surface area (Å²) in [4.78, 5) is 37.4. The standard InChI is InChI=1S/C10H15N3O3/c1-7(2)12(3)9(15)6-13-5-4-8(14)11-10(13)16/h4-5,7H,6H2,1-3H3,(H,11,14,16). The second-order valence-electron chi connectivity index (χ2n) is 3.84. The quantitative estimate of drug-likeness (QED) is 0.746. The predicted octanol–water partition coefficient (Wildman–Crippen LogP) is -0.597. The van der Waals surface area contributed by atoms with Gasteiger partial charge in [0.1, 0.15) is 6.54 Å². The van der Waals surface area contributed by atoms with Gasteiger partial charge in [-0.3, -0.25) is 19.1 Å². The lowest BCUT2D eigenvalue weighted by molar-refractivity contribution is -0.132. The van der Waals surface area contributed by atoms with Crippen molar-refractivity contribution in [3.05, 3.63) is 33.1 Å². The van der Waals surface area contributed by atoms with E-state index < -0.39 is 11.2 Å². The lowest BCUT2D eigenvalue weighted by atomic mass is 10.3. The molecule has 0 bridgehead atoms. The Morgan fingerprint density at radius 1 is 1.50 bits per heavy atom. The fourth-order valence-corrected chi connectivity index (χ4v) is 1.11. The van der Waals surface area contributed by atoms with Crippen molar-refractivity contribution in [3.8, 4) is 0 Å². The van der Waals surface area contributed by atoms with Crippen LogP contribution in [0.3, 0.4) is 0 Å². The Balaban J connectivity index is 2.86. The summed E-state index contributed by atoms with van der Waals surface area (Å²) in [5, 5.41) is 0. The molecule has 0 aliphatic rings. The van der Waals surface area contributed by atoms with Crippen LogP contribution < -0.4 is 11.2 Å². The summed E-state index contributed by atoms with van der Waals surface area (Å²) in [6.45, 7) is 3.70. The minimum absolute atomic E-state index is 0.0652. The number of aromatic amines is 1. The summed E-state index contributed by atoms with van der Waals surface area (Å²) in [6.07, 6.45) is 1.31. The van der Waals surface area contributed by atoms with Crippen LogP contribution in [-0.4, -0.2) is 33.4 Å². The molecule has 0 aliphatic heterocycles. The van der Waals surface area contributed by atoms with Gasteiger partial charge in [0, 0.05) is 25.4 Å². The third-order valence-electron chi connectivity index (χ3n) is 2.37. The molecule has 1 amide bonds. The van der Waals surface area contributed by atoms with E-state index in [1.54, 1.807) is 7.05 Å². The van der Waals surface area contributed by atoms with Crippen LogP contribution in [0.2, 0.25) is 0 Å². The van der Waals surface area contributed by atoms with Gasteiger partial charge in [0.05, 0.1) is 0 Å². The Morgan fingerprint density at radius 3 is 2.62 bits per heavy atom. The van der Waals surface area contributed by atoms with Crippen LogP contribution in [0, 0.1) is 0 Å². The van der Waals surface area contributed by atoms with Gasteiger partial charge in [-0.05, 0) is 13.8 Å². The topological polar surface area (TPSA) is 75.2 Å². The van der Waals surface area contributed by atoms with Gasteiger partial charge in [0.15, 0.2) is 0 Å². The van der Waals surface area contributed by atoms with Crippen LogP contribution in [-0.2, 0) is 11.3 Å². The molecule has 1 aromatic rings. The summed E-state index contributed by atoms with van der Waals surface area (Å²) in [7, 11) is 1.67. The van der Waals surface area contributed by atoms with Crippen LogP contribution in [0.5, 0.6) is 0 Å². The molecule has 0 saturated carbocycles. The molecular formula is C10H15N3O3. The van der Waals surface area contributed by atoms with Crippen LogP contribution >= 0.6 is 0 Å². The molecule has 6 nitrogen and oxygen atoms in total. The molecule has 0 saturated heterocycles. The zero-order valence-electron chi connectivity index (χ0n) is 9.56. The lowest BCUT2D eigenvalue weighted by Gasteiger charge is -2.21. The van der Waals surface area contributed by atoms with Gasteiger partial charge in [0.25, 0.3) is 5.56 Å². The van der Waals surface area contributed by atoms with Crippen molar-refractivity contribution < 1.29 is 4.79 Å². The fraction of sp³-hybridized carbons (Fsp3) is 0.500. The fourth-order valence-electron chi connectivity index (χ4n) is 1.11. The third-order valence-corrected chi connectivity index (χ3v) is 2.37. The number of likely N-dealkylation sites (N-methyl/N-ethyl adjacent to an activating group) is 1. The monoisotopic (exact) mass is 225 g/mol. The molecule has 1 aromatic heterocycles. The molecule has 1 rings (SSSR count). The summed E-state index contributed by atoms with van der Waals surface area (Å²) in [5.41, 5.74) is -1.04. The number of carbonyl (C=O) groups is 1. The summed E-state index contributed by atoms with van der Waals surface area (Å²) >= 11 is 0. The maximum Gasteiger partial charge on any atom is 0.328 e. The molecule has 1 heterocycles. The lowest BCUT2D eigenvalue weighted by Crippen LogP contribution is -2.39. The molecule has 0 spiro atoms. The number of amides is 1. The summed E-state index contributed by atoms with van der Waals surface area (Å²) in [6, 6.07) is 1.29. The van der Waals surface area contributed by atoms with E-state index in [9.17, 15) is 14.4 Å². The Morgan fingerprint density at radius 2 is 2.12 bits per heavy atom. The molecule has 0 aromatic carbocycles. The van der Waals surface area contributed by atoms with Crippen molar-refractivity contribution in [3.63, 3.8) is 0 Å². The van der Waals surface area contributed by atoms with Gasteiger partial charge < -0.3 is 4.90 Å². The highest BCUT2D eigenvalue weighted by Crippen LogP contribution is 1.95. The van der Waals surface area contributed by atoms with E-state index >= 15 is 0 Å². The molecule has 0 radical (unpaired) electrons. The number of rotatable bonds is 3. The number of hydrogen-bond acceptors (Lipinski definition) is 3. The Labute approximate surface area is 92.5 Å². The Hall–Kier alpha value is -1.85.